The van der Waals surface area contributed by atoms with Crippen molar-refractivity contribution in [2.45, 2.75) is 115 Å². The number of anilines is 3. The summed E-state index contributed by atoms with van der Waals surface area (Å²) in [6.07, 6.45) is -11.7. The zero-order valence-electron chi connectivity index (χ0n) is 50.1. The number of primary amides is 1. The van der Waals surface area contributed by atoms with Gasteiger partial charge < -0.3 is 80.5 Å². The molecule has 93 heavy (non-hydrogen) atoms. The number of aromatic nitrogens is 8. The number of rotatable bonds is 25. The van der Waals surface area contributed by atoms with Gasteiger partial charge in [-0.25, -0.2) is 53.1 Å². The lowest BCUT2D eigenvalue weighted by Gasteiger charge is -2.27. The number of Topliss-reactive ketones (excluding diaryl/α,β-unsaturated/α-hetero) is 1. The molecule has 4 bridgehead atoms. The molecule has 0 saturated carbocycles. The smallest absolute Gasteiger partial charge is 0.412 e. The molecule has 7 amide bonds. The fourth-order valence-electron chi connectivity index (χ4n) is 9.78. The molecule has 0 aliphatic carbocycles. The van der Waals surface area contributed by atoms with Crippen LogP contribution < -0.4 is 38.1 Å². The molecule has 3 aliphatic rings. The lowest BCUT2D eigenvalue weighted by atomic mass is 9.89. The van der Waals surface area contributed by atoms with Crippen LogP contribution in [-0.2, 0) is 91.2 Å². The number of alkyl halides is 2. The molecule has 35 nitrogen and oxygen atoms in total. The van der Waals surface area contributed by atoms with Gasteiger partial charge in [0, 0.05) is 51.0 Å². The number of likely N-dealkylation sites (N-methyl/N-ethyl adjacent to an activating group) is 1. The van der Waals surface area contributed by atoms with Crippen molar-refractivity contribution in [3.05, 3.63) is 55.1 Å². The van der Waals surface area contributed by atoms with Gasteiger partial charge in [-0.05, 0) is 60.1 Å². The summed E-state index contributed by atoms with van der Waals surface area (Å²) in [7, 11) is 1.39. The first-order valence-electron chi connectivity index (χ1n) is 28.7. The van der Waals surface area contributed by atoms with Gasteiger partial charge in [-0.2, -0.15) is 0 Å². The summed E-state index contributed by atoms with van der Waals surface area (Å²) in [5.41, 5.74) is 12.1. The molecule has 41 heteroatoms. The molecule has 12 N–H and O–H groups in total. The largest absolute Gasteiger partial charge is 0.481 e. The average Bonchev–Trinajstić information content (AvgIpc) is 1.62. The zero-order chi connectivity index (χ0) is 67.5. The van der Waals surface area contributed by atoms with Gasteiger partial charge in [0.05, 0.1) is 44.4 Å². The first kappa shape index (κ1) is 71.2. The monoisotopic (exact) mass is 1380 g/mol. The lowest BCUT2D eigenvalue weighted by Crippen LogP contribution is -2.46. The number of nitrogens with one attached hydrogen (secondary N) is 5. The normalized spacial score (nSPS) is 24.8. The predicted molar refractivity (Wildman–Crippen MR) is 326 cm³/mol. The topological polar surface area (TPSA) is 474 Å². The van der Waals surface area contributed by atoms with E-state index in [0.29, 0.717) is 11.3 Å². The highest BCUT2D eigenvalue weighted by Gasteiger charge is 2.54. The van der Waals surface area contributed by atoms with Crippen molar-refractivity contribution < 1.29 is 99.1 Å². The maximum Gasteiger partial charge on any atom is 0.412 e. The number of ketones is 1. The van der Waals surface area contributed by atoms with Crippen LogP contribution in [0.4, 0.5) is 40.5 Å². The lowest BCUT2D eigenvalue weighted by molar-refractivity contribution is -0.143. The number of hydrogen-bond donors (Lipinski definition) is 10. The second-order valence-electron chi connectivity index (χ2n) is 21.9. The van der Waals surface area contributed by atoms with Crippen LogP contribution in [0.25, 0.3) is 22.3 Å². The van der Waals surface area contributed by atoms with Crippen molar-refractivity contribution in [3.8, 4) is 0 Å². The highest BCUT2D eigenvalue weighted by Crippen LogP contribution is 2.55. The van der Waals surface area contributed by atoms with E-state index >= 15 is 8.78 Å². The van der Waals surface area contributed by atoms with Crippen LogP contribution in [0.5, 0.6) is 0 Å². The Kier molecular flexibility index (Phi) is 24.1. The number of urea groups is 1. The number of halogens is 2. The Balaban J connectivity index is 0.811. The van der Waals surface area contributed by atoms with E-state index in [1.54, 1.807) is 38.1 Å². The number of imidazole rings is 2. The molecule has 0 spiro atoms. The SMILES string of the molecule is CC(CC(=O)NCCC(=O)N[C@H](C(=O)C[C@@H](CCCNC(N)=O)C(=O)Nc1ccc(COC(=O)N(C)CCOC(=O)Nc2ncnc3c2ncn3[C@@H]2O[C@@H]3COP(O)(=S)O[C@@H]4[C@H](F)[C@@H](COP(O)(=S)O[C@@H]2[C@@H]3F)O[C@H]4n2cnc3c(N)ncnc32)cc1)C(C)C)C(=O)O. The Morgan fingerprint density at radius 2 is 1.38 bits per heavy atom. The molecule has 3 saturated heterocycles. The molecule has 3 fully saturated rings. The molecule has 13 atom stereocenters. The van der Waals surface area contributed by atoms with Crippen LogP contribution >= 0.6 is 13.4 Å². The van der Waals surface area contributed by atoms with Crippen molar-refractivity contribution in [2.24, 2.45) is 23.5 Å². The summed E-state index contributed by atoms with van der Waals surface area (Å²) in [6, 6.07) is 4.47. The van der Waals surface area contributed by atoms with Gasteiger partial charge in [-0.3, -0.25) is 47.5 Å². The van der Waals surface area contributed by atoms with E-state index in [1.165, 1.54) is 29.4 Å². The van der Waals surface area contributed by atoms with Crippen molar-refractivity contribution in [1.29, 1.82) is 0 Å². The summed E-state index contributed by atoms with van der Waals surface area (Å²) in [5, 5.41) is 21.8. The number of hydrogen-bond acceptors (Lipinski definition) is 25. The van der Waals surface area contributed by atoms with Gasteiger partial charge in [-0.1, -0.05) is 32.9 Å². The van der Waals surface area contributed by atoms with E-state index in [-0.39, 0.29) is 98.9 Å². The van der Waals surface area contributed by atoms with Gasteiger partial charge in [0.15, 0.2) is 59.0 Å². The molecule has 7 heterocycles. The van der Waals surface area contributed by atoms with Crippen molar-refractivity contribution in [3.63, 3.8) is 0 Å². The summed E-state index contributed by atoms with van der Waals surface area (Å²) >= 11 is 10.5. The van der Waals surface area contributed by atoms with E-state index in [9.17, 15) is 48.1 Å². The number of benzene rings is 1. The molecular weight excluding hydrogens is 1320 g/mol. The summed E-state index contributed by atoms with van der Waals surface area (Å²) in [6.45, 7) is -6.47. The number of nitrogens with zero attached hydrogens (tertiary/aromatic N) is 9. The molecule has 3 aliphatic heterocycles. The number of carboxylic acid groups (broad SMARTS) is 1. The summed E-state index contributed by atoms with van der Waals surface area (Å²) in [5.74, 6) is -5.65. The standard InChI is InChI=1S/C52H68F2N16O19P2S2/c1-25(2)37(66-33(72)11-13-57-34(73)16-26(3)49(75)76)30(71)17-28(6-5-12-58-50(56)77)46(74)65-29-9-7-27(8-10-29)18-83-52(79)68(4)14-15-82-51(78)67-43-39-45(62-22-60-43)70(24-64-39)48-41-36(54)32(87-48)20-85-90(80,92)88-40-35(53)31(19-84-91(81,93)89-41)86-47(40)69-23-63-38-42(55)59-21-61-44(38)69/h7-10,21-26,28,31-32,35-37,40-41,47-48H,5-6,11-20H2,1-4H3,(H,57,73)(H,65,74)(H,66,72)(H,75,76)(H,80,92)(H,81,93)(H2,55,59,61)(H3,56,58,77)(H,60,62,67,78)/t26?,28-,31-,32-,35-,36-,37+,40-,41-,47-,48-,90?,91?/m1/s1. The second kappa shape index (κ2) is 31.5. The minimum absolute atomic E-state index is 0.00416. The van der Waals surface area contributed by atoms with E-state index in [4.69, 9.17) is 77.2 Å². The zero-order valence-corrected chi connectivity index (χ0v) is 53.5. The van der Waals surface area contributed by atoms with E-state index in [1.807, 2.05) is 0 Å². The Labute approximate surface area is 537 Å². The number of nitrogens with two attached hydrogens (primary N) is 2. The fourth-order valence-corrected chi connectivity index (χ4v) is 12.6. The van der Waals surface area contributed by atoms with Crippen molar-refractivity contribution >= 4 is 124 Å². The van der Waals surface area contributed by atoms with E-state index in [2.05, 4.69) is 56.5 Å². The Morgan fingerprint density at radius 1 is 0.785 bits per heavy atom. The third-order valence-corrected chi connectivity index (χ3v) is 17.8. The molecule has 3 unspecified atom stereocenters. The number of aliphatic carboxylic acids is 1. The third-order valence-electron chi connectivity index (χ3n) is 14.7. The van der Waals surface area contributed by atoms with Gasteiger partial charge >= 0.3 is 37.6 Å². The van der Waals surface area contributed by atoms with Crippen LogP contribution in [0, 0.1) is 17.8 Å². The highest BCUT2D eigenvalue weighted by molar-refractivity contribution is 8.07. The van der Waals surface area contributed by atoms with Crippen molar-refractivity contribution in [1.82, 2.24) is 59.9 Å². The van der Waals surface area contributed by atoms with Crippen LogP contribution in [0.1, 0.15) is 70.9 Å². The van der Waals surface area contributed by atoms with E-state index in [0.717, 1.165) is 23.9 Å². The molecule has 506 valence electrons. The van der Waals surface area contributed by atoms with Gasteiger partial charge in [0.2, 0.25) is 17.7 Å². The average molecular weight is 1390 g/mol. The maximum atomic E-state index is 16.5. The number of carbonyl (C=O) groups excluding carboxylic acids is 7. The van der Waals surface area contributed by atoms with Crippen LogP contribution in [0.3, 0.4) is 0 Å². The Bertz CT molecular complexity index is 3660. The molecule has 5 aromatic rings. The van der Waals surface area contributed by atoms with Crippen LogP contribution in [0.2, 0.25) is 0 Å². The molecule has 0 radical (unpaired) electrons. The van der Waals surface area contributed by atoms with Gasteiger partial charge in [0.1, 0.15) is 55.8 Å². The Hall–Kier alpha value is -7.68. The fraction of sp³-hybridized carbons (Fsp3) is 0.538. The summed E-state index contributed by atoms with van der Waals surface area (Å²) in [4.78, 5) is 149. The number of nitrogen functional groups attached to an aromatic ring is 1. The first-order chi connectivity index (χ1) is 44.1. The molecule has 1 aromatic carbocycles. The number of amides is 7. The first-order valence-corrected chi connectivity index (χ1v) is 33.8. The second-order valence-corrected chi connectivity index (χ2v) is 27.5. The minimum Gasteiger partial charge on any atom is -0.481 e. The van der Waals surface area contributed by atoms with Crippen LogP contribution in [-0.4, -0.2) is 196 Å². The summed E-state index contributed by atoms with van der Waals surface area (Å²) < 4.78 is 80.4. The van der Waals surface area contributed by atoms with Crippen molar-refractivity contribution in [2.75, 3.05) is 62.9 Å². The third kappa shape index (κ3) is 18.8. The predicted octanol–water partition coefficient (Wildman–Crippen LogP) is 2.51. The molecular formula is C52H68F2N16O19P2S2. The minimum atomic E-state index is -4.51. The molecule has 8 rings (SSSR count). The van der Waals surface area contributed by atoms with Crippen LogP contribution in [0.15, 0.2) is 49.6 Å². The highest BCUT2D eigenvalue weighted by atomic mass is 32.5. The Morgan fingerprint density at radius 3 is 1.97 bits per heavy atom. The molecule has 4 aromatic heterocycles. The number of fused-ring (bicyclic) bond motifs is 6. The number of ether oxygens (including phenoxy) is 4. The maximum absolute atomic E-state index is 16.5. The quantitative estimate of drug-likeness (QED) is 0.0296. The van der Waals surface area contributed by atoms with Gasteiger partial charge in [-0.15, -0.1) is 0 Å². The van der Waals surface area contributed by atoms with Gasteiger partial charge in [0.25, 0.3) is 0 Å². The number of carbonyl (C=O) groups is 8. The van der Waals surface area contributed by atoms with E-state index < -0.39 is 147 Å². The number of carboxylic acids is 1.